The lowest BCUT2D eigenvalue weighted by molar-refractivity contribution is -0.131. The Morgan fingerprint density at radius 1 is 1.59 bits per heavy atom. The minimum atomic E-state index is -0.0485. The fourth-order valence-corrected chi connectivity index (χ4v) is 2.10. The van der Waals surface area contributed by atoms with Crippen molar-refractivity contribution in [2.75, 3.05) is 18.4 Å². The Hall–Kier alpha value is -1.96. The van der Waals surface area contributed by atoms with Crippen molar-refractivity contribution in [1.29, 1.82) is 5.26 Å². The summed E-state index contributed by atoms with van der Waals surface area (Å²) in [5, 5.41) is 11.9. The van der Waals surface area contributed by atoms with E-state index in [0.29, 0.717) is 6.04 Å². The van der Waals surface area contributed by atoms with Crippen LogP contribution in [0.3, 0.4) is 0 Å². The SMILES string of the molecule is N#CCC(=O)N1CCC(Nc2cc[nH]c2)CC1. The van der Waals surface area contributed by atoms with Gasteiger partial charge in [-0.3, -0.25) is 4.79 Å². The second-order valence-electron chi connectivity index (χ2n) is 4.23. The summed E-state index contributed by atoms with van der Waals surface area (Å²) in [6, 6.07) is 4.31. The number of piperidine rings is 1. The lowest BCUT2D eigenvalue weighted by atomic mass is 10.0. The number of nitriles is 1. The van der Waals surface area contributed by atoms with Gasteiger partial charge in [0, 0.05) is 31.5 Å². The van der Waals surface area contributed by atoms with Crippen molar-refractivity contribution in [3.63, 3.8) is 0 Å². The summed E-state index contributed by atoms with van der Waals surface area (Å²) in [6.07, 6.45) is 5.67. The Morgan fingerprint density at radius 3 is 2.94 bits per heavy atom. The summed E-state index contributed by atoms with van der Waals surface area (Å²) in [5.74, 6) is -0.0485. The summed E-state index contributed by atoms with van der Waals surface area (Å²) in [5.41, 5.74) is 1.09. The van der Waals surface area contributed by atoms with Crippen LogP contribution in [-0.4, -0.2) is 34.9 Å². The standard InChI is InChI=1S/C12H16N4O/c13-5-1-12(17)16-7-3-10(4-8-16)15-11-2-6-14-9-11/h2,6,9-10,14-15H,1,3-4,7-8H2. The fourth-order valence-electron chi connectivity index (χ4n) is 2.10. The quantitative estimate of drug-likeness (QED) is 0.825. The van der Waals surface area contributed by atoms with Gasteiger partial charge in [0.2, 0.25) is 5.91 Å². The van der Waals surface area contributed by atoms with Gasteiger partial charge in [-0.1, -0.05) is 0 Å². The number of carbonyl (C=O) groups is 1. The summed E-state index contributed by atoms with van der Waals surface area (Å²) in [6.45, 7) is 1.48. The third-order valence-corrected chi connectivity index (χ3v) is 3.05. The van der Waals surface area contributed by atoms with E-state index in [-0.39, 0.29) is 12.3 Å². The van der Waals surface area contributed by atoms with Crippen LogP contribution in [0.25, 0.3) is 0 Å². The van der Waals surface area contributed by atoms with Crippen molar-refractivity contribution in [1.82, 2.24) is 9.88 Å². The predicted octanol–water partition coefficient (Wildman–Crippen LogP) is 1.33. The maximum absolute atomic E-state index is 11.5. The molecule has 2 heterocycles. The number of hydrogen-bond donors (Lipinski definition) is 2. The molecule has 0 bridgehead atoms. The average Bonchev–Trinajstić information content (AvgIpc) is 2.83. The molecule has 0 spiro atoms. The summed E-state index contributed by atoms with van der Waals surface area (Å²) in [4.78, 5) is 16.3. The van der Waals surface area contributed by atoms with Gasteiger partial charge in [-0.25, -0.2) is 0 Å². The van der Waals surface area contributed by atoms with Crippen molar-refractivity contribution >= 4 is 11.6 Å². The van der Waals surface area contributed by atoms with Crippen molar-refractivity contribution in [2.24, 2.45) is 0 Å². The highest BCUT2D eigenvalue weighted by Crippen LogP contribution is 2.16. The predicted molar refractivity (Wildman–Crippen MR) is 64.2 cm³/mol. The maximum atomic E-state index is 11.5. The number of H-pyrrole nitrogens is 1. The van der Waals surface area contributed by atoms with Gasteiger partial charge in [0.25, 0.3) is 0 Å². The molecule has 0 aliphatic carbocycles. The van der Waals surface area contributed by atoms with Gasteiger partial charge in [-0.2, -0.15) is 5.26 Å². The zero-order valence-corrected chi connectivity index (χ0v) is 9.65. The number of amides is 1. The van der Waals surface area contributed by atoms with Crippen molar-refractivity contribution in [3.8, 4) is 6.07 Å². The average molecular weight is 232 g/mol. The van der Waals surface area contributed by atoms with Crippen LogP contribution in [0.15, 0.2) is 18.5 Å². The first-order valence-electron chi connectivity index (χ1n) is 5.83. The number of carbonyl (C=O) groups excluding carboxylic acids is 1. The number of nitrogens with one attached hydrogen (secondary N) is 2. The van der Waals surface area contributed by atoms with Crippen LogP contribution in [0, 0.1) is 11.3 Å². The van der Waals surface area contributed by atoms with Crippen LogP contribution in [0.1, 0.15) is 19.3 Å². The maximum Gasteiger partial charge on any atom is 0.236 e. The van der Waals surface area contributed by atoms with Gasteiger partial charge in [0.1, 0.15) is 6.42 Å². The number of anilines is 1. The van der Waals surface area contributed by atoms with E-state index < -0.39 is 0 Å². The molecule has 0 unspecified atom stereocenters. The molecule has 0 atom stereocenters. The van der Waals surface area contributed by atoms with E-state index >= 15 is 0 Å². The number of rotatable bonds is 3. The van der Waals surface area contributed by atoms with Gasteiger partial charge in [0.05, 0.1) is 11.8 Å². The molecule has 17 heavy (non-hydrogen) atoms. The Bertz CT molecular complexity index is 399. The normalized spacial score (nSPS) is 16.5. The van der Waals surface area contributed by atoms with Crippen LogP contribution in [0.2, 0.25) is 0 Å². The number of aromatic amines is 1. The molecule has 1 aliphatic rings. The Morgan fingerprint density at radius 2 is 2.35 bits per heavy atom. The van der Waals surface area contributed by atoms with E-state index in [2.05, 4.69) is 10.3 Å². The van der Waals surface area contributed by atoms with Gasteiger partial charge in [0.15, 0.2) is 0 Å². The highest BCUT2D eigenvalue weighted by atomic mass is 16.2. The Balaban J connectivity index is 1.78. The number of hydrogen-bond acceptors (Lipinski definition) is 3. The highest BCUT2D eigenvalue weighted by molar-refractivity contribution is 5.78. The number of aromatic nitrogens is 1. The van der Waals surface area contributed by atoms with Crippen molar-refractivity contribution in [3.05, 3.63) is 18.5 Å². The molecule has 0 radical (unpaired) electrons. The lowest BCUT2D eigenvalue weighted by Gasteiger charge is -2.32. The first-order chi connectivity index (χ1) is 8.29. The molecule has 1 aliphatic heterocycles. The van der Waals surface area contributed by atoms with E-state index in [1.807, 2.05) is 24.5 Å². The van der Waals surface area contributed by atoms with Crippen LogP contribution < -0.4 is 5.32 Å². The molecule has 1 aromatic rings. The second kappa shape index (κ2) is 5.39. The largest absolute Gasteiger partial charge is 0.381 e. The summed E-state index contributed by atoms with van der Waals surface area (Å²) >= 11 is 0. The Kier molecular flexibility index (Phi) is 3.66. The zero-order chi connectivity index (χ0) is 12.1. The van der Waals surface area contributed by atoms with Gasteiger partial charge in [-0.15, -0.1) is 0 Å². The summed E-state index contributed by atoms with van der Waals surface area (Å²) < 4.78 is 0. The highest BCUT2D eigenvalue weighted by Gasteiger charge is 2.22. The number of likely N-dealkylation sites (tertiary alicyclic amines) is 1. The van der Waals surface area contributed by atoms with E-state index in [0.717, 1.165) is 31.6 Å². The van der Waals surface area contributed by atoms with Gasteiger partial charge >= 0.3 is 0 Å². The topological polar surface area (TPSA) is 71.9 Å². The van der Waals surface area contributed by atoms with Crippen molar-refractivity contribution < 1.29 is 4.79 Å². The van der Waals surface area contributed by atoms with Crippen LogP contribution in [0.5, 0.6) is 0 Å². The smallest absolute Gasteiger partial charge is 0.236 e. The van der Waals surface area contributed by atoms with Gasteiger partial charge < -0.3 is 15.2 Å². The Labute approximate surface area is 100 Å². The van der Waals surface area contributed by atoms with E-state index in [9.17, 15) is 4.79 Å². The van der Waals surface area contributed by atoms with E-state index in [4.69, 9.17) is 5.26 Å². The zero-order valence-electron chi connectivity index (χ0n) is 9.65. The minimum Gasteiger partial charge on any atom is -0.381 e. The minimum absolute atomic E-state index is 0.00406. The monoisotopic (exact) mass is 232 g/mol. The van der Waals surface area contributed by atoms with E-state index in [1.54, 1.807) is 4.90 Å². The first-order valence-corrected chi connectivity index (χ1v) is 5.83. The molecule has 5 heteroatoms. The molecule has 1 fully saturated rings. The molecule has 1 amide bonds. The van der Waals surface area contributed by atoms with Gasteiger partial charge in [-0.05, 0) is 18.9 Å². The van der Waals surface area contributed by atoms with Crippen LogP contribution >= 0.6 is 0 Å². The van der Waals surface area contributed by atoms with Crippen LogP contribution in [-0.2, 0) is 4.79 Å². The van der Waals surface area contributed by atoms with E-state index in [1.165, 1.54) is 0 Å². The molecule has 2 N–H and O–H groups in total. The molecule has 5 nitrogen and oxygen atoms in total. The first kappa shape index (κ1) is 11.5. The molecular formula is C12H16N4O. The third kappa shape index (κ3) is 3.00. The molecule has 1 aromatic heterocycles. The molecule has 90 valence electrons. The summed E-state index contributed by atoms with van der Waals surface area (Å²) in [7, 11) is 0. The second-order valence-corrected chi connectivity index (χ2v) is 4.23. The molecule has 0 aromatic carbocycles. The van der Waals surface area contributed by atoms with Crippen LogP contribution in [0.4, 0.5) is 5.69 Å². The fraction of sp³-hybridized carbons (Fsp3) is 0.500. The third-order valence-electron chi connectivity index (χ3n) is 3.05. The molecule has 2 rings (SSSR count). The molecule has 1 saturated heterocycles. The lowest BCUT2D eigenvalue weighted by Crippen LogP contribution is -2.42. The van der Waals surface area contributed by atoms with Crippen molar-refractivity contribution in [2.45, 2.75) is 25.3 Å². The number of nitrogens with zero attached hydrogens (tertiary/aromatic N) is 2. The molecule has 0 saturated carbocycles. The molecular weight excluding hydrogens is 216 g/mol.